The lowest BCUT2D eigenvalue weighted by Crippen LogP contribution is -2.38. The van der Waals surface area contributed by atoms with Crippen molar-refractivity contribution in [3.05, 3.63) is 24.3 Å². The van der Waals surface area contributed by atoms with E-state index in [1.165, 1.54) is 7.11 Å². The molecule has 0 unspecified atom stereocenters. The third-order valence-corrected chi connectivity index (χ3v) is 2.97. The third kappa shape index (κ3) is 2.70. The predicted molar refractivity (Wildman–Crippen MR) is 62.2 cm³/mol. The molecule has 0 atom stereocenters. The highest BCUT2D eigenvalue weighted by atomic mass is 16.5. The Balaban J connectivity index is 1.85. The second-order valence-corrected chi connectivity index (χ2v) is 4.11. The minimum atomic E-state index is -0.143. The summed E-state index contributed by atoms with van der Waals surface area (Å²) in [5.41, 5.74) is 0. The summed E-state index contributed by atoms with van der Waals surface area (Å²) in [4.78, 5) is 11.2. The maximum absolute atomic E-state index is 11.2. The van der Waals surface area contributed by atoms with Crippen LogP contribution in [0.15, 0.2) is 24.3 Å². The molecule has 1 aromatic rings. The molecule has 17 heavy (non-hydrogen) atoms. The summed E-state index contributed by atoms with van der Waals surface area (Å²) in [6.45, 7) is 0. The maximum Gasteiger partial charge on any atom is 0.308 e. The fraction of sp³-hybridized carbons (Fsp3) is 0.462. The molecule has 0 N–H and O–H groups in total. The van der Waals surface area contributed by atoms with Gasteiger partial charge < -0.3 is 14.2 Å². The Morgan fingerprint density at radius 2 is 1.94 bits per heavy atom. The smallest absolute Gasteiger partial charge is 0.308 e. The Hall–Kier alpha value is -1.71. The summed E-state index contributed by atoms with van der Waals surface area (Å²) >= 11 is 0. The summed E-state index contributed by atoms with van der Waals surface area (Å²) < 4.78 is 15.5. The van der Waals surface area contributed by atoms with Gasteiger partial charge in [0.15, 0.2) is 0 Å². The molecular weight excluding hydrogens is 220 g/mol. The molecule has 0 amide bonds. The highest BCUT2D eigenvalue weighted by Gasteiger charge is 2.36. The molecule has 4 nitrogen and oxygen atoms in total. The standard InChI is InChI=1S/C13H16O4/c1-15-10-4-3-5-11(8-10)17-12-6-9(7-12)13(14)16-2/h3-5,8-9,12H,6-7H2,1-2H3. The lowest BCUT2D eigenvalue weighted by molar-refractivity contribution is -0.151. The van der Waals surface area contributed by atoms with Crippen LogP contribution in [0.5, 0.6) is 11.5 Å². The maximum atomic E-state index is 11.2. The number of benzene rings is 1. The van der Waals surface area contributed by atoms with Gasteiger partial charge in [0.25, 0.3) is 0 Å². The van der Waals surface area contributed by atoms with E-state index in [9.17, 15) is 4.79 Å². The molecule has 1 aromatic carbocycles. The molecule has 1 saturated carbocycles. The molecular formula is C13H16O4. The molecule has 0 bridgehead atoms. The van der Waals surface area contributed by atoms with Crippen LogP contribution in [0.1, 0.15) is 12.8 Å². The molecule has 1 fully saturated rings. The van der Waals surface area contributed by atoms with Gasteiger partial charge in [-0.2, -0.15) is 0 Å². The van der Waals surface area contributed by atoms with E-state index < -0.39 is 0 Å². The highest BCUT2D eigenvalue weighted by molar-refractivity contribution is 5.73. The molecule has 0 radical (unpaired) electrons. The summed E-state index contributed by atoms with van der Waals surface area (Å²) in [6, 6.07) is 7.47. The van der Waals surface area contributed by atoms with Crippen LogP contribution in [0, 0.1) is 5.92 Å². The monoisotopic (exact) mass is 236 g/mol. The van der Waals surface area contributed by atoms with Crippen LogP contribution < -0.4 is 9.47 Å². The van der Waals surface area contributed by atoms with Crippen molar-refractivity contribution in [2.75, 3.05) is 14.2 Å². The molecule has 0 saturated heterocycles. The lowest BCUT2D eigenvalue weighted by Gasteiger charge is -2.33. The van der Waals surface area contributed by atoms with Crippen LogP contribution in [0.2, 0.25) is 0 Å². The van der Waals surface area contributed by atoms with Crippen molar-refractivity contribution in [3.63, 3.8) is 0 Å². The Bertz CT molecular complexity index is 396. The van der Waals surface area contributed by atoms with Gasteiger partial charge >= 0.3 is 5.97 Å². The second-order valence-electron chi connectivity index (χ2n) is 4.11. The third-order valence-electron chi connectivity index (χ3n) is 2.97. The van der Waals surface area contributed by atoms with Gasteiger partial charge in [-0.1, -0.05) is 6.07 Å². The number of hydrogen-bond donors (Lipinski definition) is 0. The Morgan fingerprint density at radius 3 is 2.59 bits per heavy atom. The van der Waals surface area contributed by atoms with Gasteiger partial charge in [-0.3, -0.25) is 4.79 Å². The lowest BCUT2D eigenvalue weighted by atomic mass is 9.82. The molecule has 0 heterocycles. The van der Waals surface area contributed by atoms with E-state index in [2.05, 4.69) is 4.74 Å². The average molecular weight is 236 g/mol. The van der Waals surface area contributed by atoms with E-state index in [0.717, 1.165) is 24.3 Å². The first-order chi connectivity index (χ1) is 8.22. The first-order valence-corrected chi connectivity index (χ1v) is 5.61. The number of hydrogen-bond acceptors (Lipinski definition) is 4. The van der Waals surface area contributed by atoms with Crippen molar-refractivity contribution in [1.82, 2.24) is 0 Å². The van der Waals surface area contributed by atoms with Gasteiger partial charge in [0.05, 0.1) is 20.1 Å². The van der Waals surface area contributed by atoms with E-state index in [-0.39, 0.29) is 18.0 Å². The summed E-state index contributed by atoms with van der Waals surface area (Å²) in [7, 11) is 3.04. The SMILES string of the molecule is COC(=O)C1CC(Oc2cccc(OC)c2)C1. The molecule has 1 aliphatic rings. The van der Waals surface area contributed by atoms with Gasteiger partial charge in [0, 0.05) is 6.07 Å². The fourth-order valence-corrected chi connectivity index (χ4v) is 1.89. The van der Waals surface area contributed by atoms with Gasteiger partial charge in [0.1, 0.15) is 17.6 Å². The quantitative estimate of drug-likeness (QED) is 0.750. The zero-order valence-electron chi connectivity index (χ0n) is 10.0. The van der Waals surface area contributed by atoms with Crippen LogP contribution in [0.4, 0.5) is 0 Å². The summed E-state index contributed by atoms with van der Waals surface area (Å²) in [5, 5.41) is 0. The average Bonchev–Trinajstić information content (AvgIpc) is 2.32. The molecule has 1 aliphatic carbocycles. The topological polar surface area (TPSA) is 44.8 Å². The zero-order chi connectivity index (χ0) is 12.3. The van der Waals surface area contributed by atoms with Crippen LogP contribution in [-0.2, 0) is 9.53 Å². The number of esters is 1. The zero-order valence-corrected chi connectivity index (χ0v) is 10.0. The normalized spacial score (nSPS) is 22.5. The fourth-order valence-electron chi connectivity index (χ4n) is 1.89. The predicted octanol–water partition coefficient (Wildman–Crippen LogP) is 2.03. The molecule has 0 aromatic heterocycles. The number of carbonyl (C=O) groups is 1. The minimum Gasteiger partial charge on any atom is -0.497 e. The van der Waals surface area contributed by atoms with E-state index in [4.69, 9.17) is 9.47 Å². The molecule has 4 heteroatoms. The first-order valence-electron chi connectivity index (χ1n) is 5.61. The summed E-state index contributed by atoms with van der Waals surface area (Å²) in [5.74, 6) is 1.40. The first kappa shape index (κ1) is 11.8. The van der Waals surface area contributed by atoms with Gasteiger partial charge in [-0.05, 0) is 25.0 Å². The van der Waals surface area contributed by atoms with Crippen molar-refractivity contribution in [2.24, 2.45) is 5.92 Å². The van der Waals surface area contributed by atoms with Crippen molar-refractivity contribution < 1.29 is 19.0 Å². The van der Waals surface area contributed by atoms with E-state index >= 15 is 0 Å². The van der Waals surface area contributed by atoms with E-state index in [0.29, 0.717) is 0 Å². The second kappa shape index (κ2) is 5.08. The van der Waals surface area contributed by atoms with Crippen LogP contribution in [0.25, 0.3) is 0 Å². The van der Waals surface area contributed by atoms with E-state index in [1.807, 2.05) is 24.3 Å². The Morgan fingerprint density at radius 1 is 1.24 bits per heavy atom. The number of carbonyl (C=O) groups excluding carboxylic acids is 1. The van der Waals surface area contributed by atoms with Crippen molar-refractivity contribution in [3.8, 4) is 11.5 Å². The van der Waals surface area contributed by atoms with Crippen LogP contribution in [0.3, 0.4) is 0 Å². The van der Waals surface area contributed by atoms with Crippen LogP contribution in [-0.4, -0.2) is 26.3 Å². The molecule has 0 spiro atoms. The van der Waals surface area contributed by atoms with Gasteiger partial charge in [-0.15, -0.1) is 0 Å². The number of methoxy groups -OCH3 is 2. The van der Waals surface area contributed by atoms with Crippen molar-refractivity contribution in [2.45, 2.75) is 18.9 Å². The Labute approximate surface area is 100 Å². The molecule has 92 valence electrons. The van der Waals surface area contributed by atoms with Crippen molar-refractivity contribution in [1.29, 1.82) is 0 Å². The number of rotatable bonds is 4. The van der Waals surface area contributed by atoms with Gasteiger partial charge in [-0.25, -0.2) is 0 Å². The Kier molecular flexibility index (Phi) is 3.52. The summed E-state index contributed by atoms with van der Waals surface area (Å²) in [6.07, 6.45) is 1.56. The highest BCUT2D eigenvalue weighted by Crippen LogP contribution is 2.32. The minimum absolute atomic E-state index is 0.00407. The molecule has 0 aliphatic heterocycles. The van der Waals surface area contributed by atoms with E-state index in [1.54, 1.807) is 7.11 Å². The van der Waals surface area contributed by atoms with Crippen molar-refractivity contribution >= 4 is 5.97 Å². The largest absolute Gasteiger partial charge is 0.497 e. The van der Waals surface area contributed by atoms with Gasteiger partial charge in [0.2, 0.25) is 0 Å². The van der Waals surface area contributed by atoms with Crippen LogP contribution >= 0.6 is 0 Å². The molecule has 2 rings (SSSR count). The number of ether oxygens (including phenoxy) is 3.